The van der Waals surface area contributed by atoms with Gasteiger partial charge in [0.05, 0.1) is 16.3 Å². The van der Waals surface area contributed by atoms with Crippen LogP contribution in [0.25, 0.3) is 32.5 Å². The number of anilines is 1. The summed E-state index contributed by atoms with van der Waals surface area (Å²) in [5.74, 6) is -4.06. The molecule has 1 N–H and O–H groups in total. The molecule has 1 amide bonds. The normalized spacial score (nSPS) is 15.8. The first kappa shape index (κ1) is 23.3. The van der Waals surface area contributed by atoms with Crippen molar-refractivity contribution in [1.29, 1.82) is 0 Å². The summed E-state index contributed by atoms with van der Waals surface area (Å²) in [4.78, 5) is 35.4. The number of carbonyl (C=O) groups is 2. The molecule has 0 aliphatic heterocycles. The first-order valence-corrected chi connectivity index (χ1v) is 11.9. The molecule has 35 heavy (non-hydrogen) atoms. The number of hydrogen-bond donors (Lipinski definition) is 1. The number of fused-ring (bicyclic) bond motifs is 2. The van der Waals surface area contributed by atoms with Crippen molar-refractivity contribution in [2.24, 2.45) is 13.0 Å². The fourth-order valence-corrected chi connectivity index (χ4v) is 5.20. The highest BCUT2D eigenvalue weighted by atomic mass is 32.1. The molecule has 8 nitrogen and oxygen atoms in total. The lowest BCUT2D eigenvalue weighted by molar-refractivity contribution is -0.0981. The zero-order chi connectivity index (χ0) is 25.1. The number of pyridine rings is 2. The van der Waals surface area contributed by atoms with Crippen LogP contribution in [0.3, 0.4) is 0 Å². The number of aromatic nitrogens is 4. The van der Waals surface area contributed by atoms with E-state index in [1.54, 1.807) is 43.8 Å². The molecule has 0 aromatic carbocycles. The Morgan fingerprint density at radius 3 is 2.69 bits per heavy atom. The van der Waals surface area contributed by atoms with E-state index in [1.807, 2.05) is 19.3 Å². The Labute approximate surface area is 203 Å². The van der Waals surface area contributed by atoms with Crippen LogP contribution in [0.2, 0.25) is 0 Å². The average Bonchev–Trinajstić information content (AvgIpc) is 3.28. The molecule has 1 saturated carbocycles. The van der Waals surface area contributed by atoms with Gasteiger partial charge < -0.3 is 4.74 Å². The maximum atomic E-state index is 13.5. The minimum Gasteiger partial charge on any atom is -0.444 e. The van der Waals surface area contributed by atoms with Crippen molar-refractivity contribution in [3.05, 3.63) is 35.5 Å². The summed E-state index contributed by atoms with van der Waals surface area (Å²) in [5.41, 5.74) is 1.48. The Kier molecular flexibility index (Phi) is 5.35. The molecule has 1 aliphatic carbocycles. The van der Waals surface area contributed by atoms with Crippen LogP contribution in [0.4, 0.5) is 19.3 Å². The number of ketones is 1. The summed E-state index contributed by atoms with van der Waals surface area (Å²) < 4.78 is 33.9. The van der Waals surface area contributed by atoms with Crippen molar-refractivity contribution in [3.8, 4) is 11.3 Å². The molecule has 4 heterocycles. The fraction of sp³-hybridized carbons (Fsp3) is 0.375. The van der Waals surface area contributed by atoms with Crippen LogP contribution in [0.1, 0.15) is 43.3 Å². The molecule has 0 saturated heterocycles. The Morgan fingerprint density at radius 1 is 1.26 bits per heavy atom. The predicted octanol–water partition coefficient (Wildman–Crippen LogP) is 5.82. The maximum Gasteiger partial charge on any atom is 0.412 e. The lowest BCUT2D eigenvalue weighted by Crippen LogP contribution is -2.40. The number of thiophene rings is 1. The van der Waals surface area contributed by atoms with Crippen LogP contribution in [-0.2, 0) is 11.8 Å². The van der Waals surface area contributed by atoms with Crippen molar-refractivity contribution in [1.82, 2.24) is 19.7 Å². The fourth-order valence-electron chi connectivity index (χ4n) is 4.05. The van der Waals surface area contributed by atoms with Crippen molar-refractivity contribution in [2.75, 3.05) is 5.32 Å². The number of hydrogen-bond acceptors (Lipinski definition) is 7. The van der Waals surface area contributed by atoms with Crippen LogP contribution in [0.5, 0.6) is 0 Å². The number of aryl methyl sites for hydroxylation is 1. The zero-order valence-corrected chi connectivity index (χ0v) is 20.4. The van der Waals surface area contributed by atoms with Crippen LogP contribution < -0.4 is 5.32 Å². The Hall–Kier alpha value is -3.47. The molecule has 4 aromatic rings. The van der Waals surface area contributed by atoms with Gasteiger partial charge in [-0.25, -0.2) is 23.5 Å². The van der Waals surface area contributed by atoms with Gasteiger partial charge in [0.2, 0.25) is 5.92 Å². The standard InChI is InChI=1S/C24H23F2N5O3S/c1-23(2,3)34-22(33)29-17-15-5-6-16(12-7-13-11-31(4)30-20(13)27-10-12)28-21(15)35-19(17)18(32)14-8-24(25,26)9-14/h5-7,10-11,14H,8-9H2,1-4H3,(H,29,33). The molecular formula is C24H23F2N5O3S. The van der Waals surface area contributed by atoms with Crippen molar-refractivity contribution in [3.63, 3.8) is 0 Å². The molecule has 0 unspecified atom stereocenters. The van der Waals surface area contributed by atoms with Crippen molar-refractivity contribution < 1.29 is 23.1 Å². The number of alkyl halides is 2. The number of halogens is 2. The smallest absolute Gasteiger partial charge is 0.412 e. The van der Waals surface area contributed by atoms with Crippen molar-refractivity contribution >= 4 is 50.2 Å². The lowest BCUT2D eigenvalue weighted by atomic mass is 9.78. The third-order valence-corrected chi connectivity index (χ3v) is 6.75. The summed E-state index contributed by atoms with van der Waals surface area (Å²) in [7, 11) is 1.81. The second-order valence-electron chi connectivity index (χ2n) is 9.75. The number of amides is 1. The molecule has 1 fully saturated rings. The van der Waals surface area contributed by atoms with E-state index in [0.717, 1.165) is 22.3 Å². The second-order valence-corrected chi connectivity index (χ2v) is 10.7. The van der Waals surface area contributed by atoms with E-state index in [4.69, 9.17) is 9.72 Å². The van der Waals surface area contributed by atoms with E-state index < -0.39 is 42.2 Å². The molecule has 182 valence electrons. The second kappa shape index (κ2) is 8.04. The van der Waals surface area contributed by atoms with Crippen molar-refractivity contribution in [2.45, 2.75) is 45.1 Å². The quantitative estimate of drug-likeness (QED) is 0.355. The summed E-state index contributed by atoms with van der Waals surface area (Å²) in [6, 6.07) is 5.43. The molecule has 0 spiro atoms. The highest BCUT2D eigenvalue weighted by Crippen LogP contribution is 2.47. The third-order valence-electron chi connectivity index (χ3n) is 5.64. The summed E-state index contributed by atoms with van der Waals surface area (Å²) in [5, 5.41) is 8.32. The van der Waals surface area contributed by atoms with Crippen LogP contribution in [0, 0.1) is 5.92 Å². The van der Waals surface area contributed by atoms with Gasteiger partial charge in [-0.2, -0.15) is 5.10 Å². The van der Waals surface area contributed by atoms with Gasteiger partial charge in [0.25, 0.3) is 0 Å². The largest absolute Gasteiger partial charge is 0.444 e. The minimum absolute atomic E-state index is 0.192. The number of ether oxygens (including phenoxy) is 1. The topological polar surface area (TPSA) is 99.0 Å². The summed E-state index contributed by atoms with van der Waals surface area (Å²) in [6.07, 6.45) is 1.78. The number of nitrogens with zero attached hydrogens (tertiary/aromatic N) is 4. The van der Waals surface area contributed by atoms with Gasteiger partial charge in [-0.05, 0) is 39.0 Å². The molecule has 5 rings (SSSR count). The van der Waals surface area contributed by atoms with Gasteiger partial charge in [-0.1, -0.05) is 0 Å². The summed E-state index contributed by atoms with van der Waals surface area (Å²) >= 11 is 1.07. The number of rotatable bonds is 4. The van der Waals surface area contributed by atoms with Gasteiger partial charge in [0, 0.05) is 54.5 Å². The van der Waals surface area contributed by atoms with E-state index in [-0.39, 0.29) is 10.6 Å². The molecule has 0 atom stereocenters. The zero-order valence-electron chi connectivity index (χ0n) is 19.6. The van der Waals surface area contributed by atoms with E-state index in [0.29, 0.717) is 21.6 Å². The number of Topliss-reactive ketones (excluding diaryl/α,β-unsaturated/α-hetero) is 1. The highest BCUT2D eigenvalue weighted by molar-refractivity contribution is 7.21. The first-order valence-electron chi connectivity index (χ1n) is 11.0. The van der Waals surface area contributed by atoms with E-state index in [2.05, 4.69) is 15.4 Å². The Bertz CT molecular complexity index is 1480. The summed E-state index contributed by atoms with van der Waals surface area (Å²) in [6.45, 7) is 5.17. The SMILES string of the molecule is Cn1cc2cc(-c3ccc4c(NC(=O)OC(C)(C)C)c(C(=O)C5CC(F)(F)C5)sc4n3)cnc2n1. The molecular weight excluding hydrogens is 476 g/mol. The minimum atomic E-state index is -2.83. The molecule has 1 aliphatic rings. The van der Waals surface area contributed by atoms with Crippen LogP contribution in [-0.4, -0.2) is 43.1 Å². The van der Waals surface area contributed by atoms with E-state index >= 15 is 0 Å². The van der Waals surface area contributed by atoms with Gasteiger partial charge in [-0.15, -0.1) is 11.3 Å². The van der Waals surface area contributed by atoms with Gasteiger partial charge >= 0.3 is 6.09 Å². The monoisotopic (exact) mass is 499 g/mol. The first-order chi connectivity index (χ1) is 16.4. The van der Waals surface area contributed by atoms with Gasteiger partial charge in [0.1, 0.15) is 10.4 Å². The maximum absolute atomic E-state index is 13.5. The predicted molar refractivity (Wildman–Crippen MR) is 129 cm³/mol. The van der Waals surface area contributed by atoms with Gasteiger partial charge in [-0.3, -0.25) is 14.8 Å². The average molecular weight is 500 g/mol. The van der Waals surface area contributed by atoms with E-state index in [9.17, 15) is 18.4 Å². The molecule has 4 aromatic heterocycles. The lowest BCUT2D eigenvalue weighted by Gasteiger charge is -2.33. The highest BCUT2D eigenvalue weighted by Gasteiger charge is 2.49. The number of nitrogens with one attached hydrogen (secondary N) is 1. The van der Waals surface area contributed by atoms with Gasteiger partial charge in [0.15, 0.2) is 11.4 Å². The van der Waals surface area contributed by atoms with Crippen LogP contribution in [0.15, 0.2) is 30.6 Å². The number of carbonyl (C=O) groups excluding carboxylic acids is 2. The Balaban J connectivity index is 1.55. The third kappa shape index (κ3) is 4.60. The van der Waals surface area contributed by atoms with E-state index in [1.165, 1.54) is 0 Å². The Morgan fingerprint density at radius 2 is 2.00 bits per heavy atom. The molecule has 0 radical (unpaired) electrons. The molecule has 11 heteroatoms. The van der Waals surface area contributed by atoms with Crippen LogP contribution >= 0.6 is 11.3 Å². The molecule has 0 bridgehead atoms.